The smallest absolute Gasteiger partial charge is 0.337 e. The minimum atomic E-state index is -0.865. The van der Waals surface area contributed by atoms with E-state index in [2.05, 4.69) is 4.74 Å². The molecular weight excluding hydrogens is 220 g/mol. The first-order valence-electron chi connectivity index (χ1n) is 5.12. The molecule has 0 saturated heterocycles. The van der Waals surface area contributed by atoms with Gasteiger partial charge in [-0.25, -0.2) is 4.79 Å². The number of rotatable bonds is 4. The Balaban J connectivity index is 2.83. The van der Waals surface area contributed by atoms with E-state index >= 15 is 0 Å². The van der Waals surface area contributed by atoms with Crippen molar-refractivity contribution in [1.82, 2.24) is 0 Å². The minimum absolute atomic E-state index is 0.00934. The number of ether oxygens (including phenoxy) is 1. The first kappa shape index (κ1) is 13.0. The summed E-state index contributed by atoms with van der Waals surface area (Å²) in [5, 5.41) is 8.55. The highest BCUT2D eigenvalue weighted by Crippen LogP contribution is 2.15. The van der Waals surface area contributed by atoms with Crippen LogP contribution < -0.4 is 0 Å². The molecule has 1 aromatic rings. The molecule has 1 N–H and O–H groups in total. The maximum Gasteiger partial charge on any atom is 0.337 e. The number of carbonyl (C=O) groups is 2. The number of hydrogen-bond donors (Lipinski definition) is 1. The Kier molecular flexibility index (Phi) is 4.46. The number of allylic oxidation sites excluding steroid dienone is 1. The van der Waals surface area contributed by atoms with Crippen molar-refractivity contribution in [3.8, 4) is 0 Å². The predicted molar refractivity (Wildman–Crippen MR) is 63.7 cm³/mol. The molecule has 0 aliphatic heterocycles. The molecular formula is C13H14O4. The van der Waals surface area contributed by atoms with Gasteiger partial charge in [-0.05, 0) is 30.2 Å². The Morgan fingerprint density at radius 1 is 1.24 bits per heavy atom. The van der Waals surface area contributed by atoms with Crippen LogP contribution in [0.1, 0.15) is 29.3 Å². The Hall–Kier alpha value is -2.10. The van der Waals surface area contributed by atoms with Crippen LogP contribution in [-0.2, 0) is 9.53 Å². The molecule has 0 saturated carbocycles. The van der Waals surface area contributed by atoms with Crippen LogP contribution in [0, 0.1) is 0 Å². The third-order valence-corrected chi connectivity index (χ3v) is 2.34. The van der Waals surface area contributed by atoms with E-state index in [1.54, 1.807) is 30.3 Å². The van der Waals surface area contributed by atoms with E-state index in [-0.39, 0.29) is 12.4 Å². The van der Waals surface area contributed by atoms with E-state index in [9.17, 15) is 9.59 Å². The number of aliphatic carboxylic acids is 1. The van der Waals surface area contributed by atoms with Gasteiger partial charge in [0.05, 0.1) is 19.1 Å². The average molecular weight is 234 g/mol. The van der Waals surface area contributed by atoms with E-state index in [1.807, 2.05) is 6.92 Å². The number of methoxy groups -OCH3 is 1. The van der Waals surface area contributed by atoms with Crippen molar-refractivity contribution in [2.24, 2.45) is 0 Å². The molecule has 0 aromatic heterocycles. The van der Waals surface area contributed by atoms with Crippen molar-refractivity contribution in [1.29, 1.82) is 0 Å². The molecule has 0 unspecified atom stereocenters. The Morgan fingerprint density at radius 2 is 1.76 bits per heavy atom. The molecule has 0 amide bonds. The van der Waals surface area contributed by atoms with Gasteiger partial charge in [0.1, 0.15) is 0 Å². The van der Waals surface area contributed by atoms with Gasteiger partial charge >= 0.3 is 11.9 Å². The maximum atomic E-state index is 11.2. The fraction of sp³-hybridized carbons (Fsp3) is 0.231. The maximum absolute atomic E-state index is 11.2. The van der Waals surface area contributed by atoms with E-state index in [1.165, 1.54) is 7.11 Å². The Bertz CT molecular complexity index is 443. The molecule has 0 spiro atoms. The second-order valence-electron chi connectivity index (χ2n) is 3.55. The molecule has 1 aromatic carbocycles. The van der Waals surface area contributed by atoms with Gasteiger partial charge in [-0.1, -0.05) is 18.2 Å². The second kappa shape index (κ2) is 5.84. The quantitative estimate of drug-likeness (QED) is 0.812. The van der Waals surface area contributed by atoms with Gasteiger partial charge in [-0.3, -0.25) is 4.79 Å². The number of benzene rings is 1. The summed E-state index contributed by atoms with van der Waals surface area (Å²) in [6.07, 6.45) is 1.63. The van der Waals surface area contributed by atoms with E-state index < -0.39 is 5.97 Å². The second-order valence-corrected chi connectivity index (χ2v) is 3.55. The molecule has 0 bridgehead atoms. The molecule has 1 rings (SSSR count). The van der Waals surface area contributed by atoms with Crippen LogP contribution in [0.15, 0.2) is 30.3 Å². The van der Waals surface area contributed by atoms with E-state index in [4.69, 9.17) is 5.11 Å². The fourth-order valence-corrected chi connectivity index (χ4v) is 1.35. The summed E-state index contributed by atoms with van der Waals surface area (Å²) in [4.78, 5) is 21.6. The Morgan fingerprint density at radius 3 is 2.24 bits per heavy atom. The van der Waals surface area contributed by atoms with Crippen molar-refractivity contribution in [2.45, 2.75) is 13.3 Å². The predicted octanol–water partition coefficient (Wildman–Crippen LogP) is 2.35. The number of carboxylic acids is 1. The summed E-state index contributed by atoms with van der Waals surface area (Å²) >= 11 is 0. The van der Waals surface area contributed by atoms with Crippen molar-refractivity contribution in [3.63, 3.8) is 0 Å². The fourth-order valence-electron chi connectivity index (χ4n) is 1.35. The molecule has 4 heteroatoms. The van der Waals surface area contributed by atoms with Crippen LogP contribution in [-0.4, -0.2) is 24.2 Å². The highest BCUT2D eigenvalue weighted by molar-refractivity contribution is 5.89. The monoisotopic (exact) mass is 234 g/mol. The lowest BCUT2D eigenvalue weighted by Gasteiger charge is -2.03. The first-order chi connectivity index (χ1) is 8.04. The molecule has 17 heavy (non-hydrogen) atoms. The minimum Gasteiger partial charge on any atom is -0.481 e. The van der Waals surface area contributed by atoms with Gasteiger partial charge in [-0.15, -0.1) is 0 Å². The van der Waals surface area contributed by atoms with Crippen LogP contribution in [0.2, 0.25) is 0 Å². The number of carboxylic acid groups (broad SMARTS) is 1. The van der Waals surface area contributed by atoms with Crippen LogP contribution in [0.4, 0.5) is 0 Å². The summed E-state index contributed by atoms with van der Waals surface area (Å²) in [5.74, 6) is -1.25. The van der Waals surface area contributed by atoms with Crippen LogP contribution in [0.25, 0.3) is 5.57 Å². The number of hydrogen-bond acceptors (Lipinski definition) is 3. The van der Waals surface area contributed by atoms with Crippen molar-refractivity contribution in [3.05, 3.63) is 41.5 Å². The van der Waals surface area contributed by atoms with Gasteiger partial charge in [0.2, 0.25) is 0 Å². The van der Waals surface area contributed by atoms with Crippen molar-refractivity contribution in [2.75, 3.05) is 7.11 Å². The summed E-state index contributed by atoms with van der Waals surface area (Å²) in [6, 6.07) is 6.83. The zero-order chi connectivity index (χ0) is 12.8. The molecule has 90 valence electrons. The first-order valence-corrected chi connectivity index (χ1v) is 5.12. The van der Waals surface area contributed by atoms with Gasteiger partial charge < -0.3 is 9.84 Å². The highest BCUT2D eigenvalue weighted by Gasteiger charge is 2.04. The Labute approximate surface area is 99.5 Å². The lowest BCUT2D eigenvalue weighted by molar-refractivity contribution is -0.135. The van der Waals surface area contributed by atoms with Gasteiger partial charge in [-0.2, -0.15) is 0 Å². The number of esters is 1. The molecule has 0 aliphatic rings. The molecule has 0 atom stereocenters. The molecule has 0 aliphatic carbocycles. The number of carbonyl (C=O) groups excluding carboxylic acids is 1. The summed E-state index contributed by atoms with van der Waals surface area (Å²) in [6.45, 7) is 1.83. The molecule has 0 radical (unpaired) electrons. The standard InChI is InChI=1S/C13H14O4/c1-9(3-8-12(14)15)10-4-6-11(7-5-10)13(16)17-2/h3-7H,8H2,1-2H3,(H,14,15)/b9-3+. The van der Waals surface area contributed by atoms with Crippen LogP contribution >= 0.6 is 0 Å². The zero-order valence-electron chi connectivity index (χ0n) is 9.77. The largest absolute Gasteiger partial charge is 0.481 e. The van der Waals surface area contributed by atoms with Crippen LogP contribution in [0.5, 0.6) is 0 Å². The summed E-state index contributed by atoms with van der Waals surface area (Å²) < 4.78 is 4.58. The SMILES string of the molecule is COC(=O)c1ccc(/C(C)=C/CC(=O)O)cc1. The lowest BCUT2D eigenvalue weighted by atomic mass is 10.0. The zero-order valence-corrected chi connectivity index (χ0v) is 9.77. The topological polar surface area (TPSA) is 63.6 Å². The van der Waals surface area contributed by atoms with Gasteiger partial charge in [0.25, 0.3) is 0 Å². The van der Waals surface area contributed by atoms with E-state index in [0.717, 1.165) is 11.1 Å². The van der Waals surface area contributed by atoms with Crippen molar-refractivity contribution >= 4 is 17.5 Å². The molecule has 0 fully saturated rings. The molecule has 4 nitrogen and oxygen atoms in total. The lowest BCUT2D eigenvalue weighted by Crippen LogP contribution is -2.00. The molecule has 0 heterocycles. The van der Waals surface area contributed by atoms with E-state index in [0.29, 0.717) is 5.56 Å². The average Bonchev–Trinajstić information content (AvgIpc) is 2.35. The normalized spacial score (nSPS) is 11.1. The van der Waals surface area contributed by atoms with Crippen molar-refractivity contribution < 1.29 is 19.4 Å². The highest BCUT2D eigenvalue weighted by atomic mass is 16.5. The summed E-state index contributed by atoms with van der Waals surface area (Å²) in [7, 11) is 1.33. The third-order valence-electron chi connectivity index (χ3n) is 2.34. The third kappa shape index (κ3) is 3.75. The summed E-state index contributed by atoms with van der Waals surface area (Å²) in [5.41, 5.74) is 2.23. The van der Waals surface area contributed by atoms with Gasteiger partial charge in [0.15, 0.2) is 0 Å². The van der Waals surface area contributed by atoms with Crippen LogP contribution in [0.3, 0.4) is 0 Å². The van der Waals surface area contributed by atoms with Gasteiger partial charge in [0, 0.05) is 0 Å².